The number of aromatic nitrogens is 2. The Morgan fingerprint density at radius 1 is 1.53 bits per heavy atom. The highest BCUT2D eigenvalue weighted by molar-refractivity contribution is 7.16. The van der Waals surface area contributed by atoms with Gasteiger partial charge in [-0.05, 0) is 18.4 Å². The molecule has 9 heteroatoms. The van der Waals surface area contributed by atoms with Crippen molar-refractivity contribution in [3.8, 4) is 0 Å². The summed E-state index contributed by atoms with van der Waals surface area (Å²) < 4.78 is 0. The number of rotatable bonds is 3. The smallest absolute Gasteiger partial charge is 0.358 e. The number of thiophene rings is 1. The molecule has 100 valence electrons. The fraction of sp³-hybridized carbons (Fsp3) is 0.200. The molecule has 2 aromatic rings. The third-order valence-corrected chi connectivity index (χ3v) is 3.33. The second kappa shape index (κ2) is 5.37. The fourth-order valence-electron chi connectivity index (χ4n) is 1.56. The minimum atomic E-state index is -1.25. The van der Waals surface area contributed by atoms with Crippen LogP contribution in [0, 0.1) is 0 Å². The van der Waals surface area contributed by atoms with Crippen LogP contribution in [-0.2, 0) is 0 Å². The Morgan fingerprint density at radius 2 is 2.26 bits per heavy atom. The lowest BCUT2D eigenvalue weighted by Gasteiger charge is -2.19. The number of anilines is 1. The molecule has 0 aliphatic rings. The summed E-state index contributed by atoms with van der Waals surface area (Å²) in [5, 5.41) is 10.9. The van der Waals surface area contributed by atoms with Crippen LogP contribution in [-0.4, -0.2) is 33.6 Å². The Balaban J connectivity index is 2.64. The van der Waals surface area contributed by atoms with E-state index in [9.17, 15) is 14.7 Å². The van der Waals surface area contributed by atoms with Gasteiger partial charge in [-0.1, -0.05) is 0 Å². The molecule has 2 rings (SSSR count). The first kappa shape index (κ1) is 13.5. The van der Waals surface area contributed by atoms with Gasteiger partial charge in [-0.25, -0.2) is 24.4 Å². The van der Waals surface area contributed by atoms with Gasteiger partial charge in [0.2, 0.25) is 0 Å². The Labute approximate surface area is 116 Å². The van der Waals surface area contributed by atoms with Gasteiger partial charge in [0.15, 0.2) is 11.5 Å². The number of nitrogens with zero attached hydrogens (tertiary/aromatic N) is 3. The van der Waals surface area contributed by atoms with Crippen molar-refractivity contribution in [3.05, 3.63) is 17.1 Å². The lowest BCUT2D eigenvalue weighted by molar-refractivity contribution is 0.0691. The van der Waals surface area contributed by atoms with Gasteiger partial charge in [-0.3, -0.25) is 4.90 Å². The summed E-state index contributed by atoms with van der Waals surface area (Å²) in [4.78, 5) is 34.6. The van der Waals surface area contributed by atoms with Gasteiger partial charge < -0.3 is 5.11 Å². The van der Waals surface area contributed by atoms with Gasteiger partial charge in [-0.2, -0.15) is 0 Å². The molecule has 2 amide bonds. The van der Waals surface area contributed by atoms with Gasteiger partial charge >= 0.3 is 12.0 Å². The number of nitrogens with one attached hydrogen (secondary N) is 1. The number of carbonyl (C=O) groups excluding carboxylic acids is 1. The van der Waals surface area contributed by atoms with Crippen LogP contribution in [0.2, 0.25) is 0 Å². The summed E-state index contributed by atoms with van der Waals surface area (Å²) in [6.45, 7) is 1.89. The monoisotopic (exact) mass is 300 g/mol. The van der Waals surface area contributed by atoms with Crippen LogP contribution >= 0.6 is 23.1 Å². The molecule has 0 saturated heterocycles. The van der Waals surface area contributed by atoms with E-state index in [-0.39, 0.29) is 18.1 Å². The second-order valence-electron chi connectivity index (χ2n) is 3.46. The number of carboxylic acid groups (broad SMARTS) is 1. The van der Waals surface area contributed by atoms with E-state index in [1.807, 2.05) is 4.84 Å². The molecular weight excluding hydrogens is 292 g/mol. The number of hydrogen-bond donors (Lipinski definition) is 2. The van der Waals surface area contributed by atoms with E-state index in [1.165, 1.54) is 11.3 Å². The minimum absolute atomic E-state index is 0.0249. The zero-order valence-corrected chi connectivity index (χ0v) is 11.3. The zero-order chi connectivity index (χ0) is 14.0. The van der Waals surface area contributed by atoms with Crippen LogP contribution in [0.4, 0.5) is 10.6 Å². The summed E-state index contributed by atoms with van der Waals surface area (Å²) in [5.41, 5.74) is 0.196. The molecule has 0 spiro atoms. The molecule has 0 aliphatic heterocycles. The SMILES string of the molecule is CCN(C(=O)NCl)c1nc2sccc2nc1C(=O)O. The third-order valence-electron chi connectivity index (χ3n) is 2.38. The van der Waals surface area contributed by atoms with E-state index < -0.39 is 12.0 Å². The Morgan fingerprint density at radius 3 is 2.84 bits per heavy atom. The van der Waals surface area contributed by atoms with Gasteiger partial charge in [0.05, 0.1) is 0 Å². The Hall–Kier alpha value is -1.93. The van der Waals surface area contributed by atoms with Gasteiger partial charge in [0.25, 0.3) is 0 Å². The van der Waals surface area contributed by atoms with E-state index in [1.54, 1.807) is 18.4 Å². The van der Waals surface area contributed by atoms with Crippen LogP contribution in [0.5, 0.6) is 0 Å². The highest BCUT2D eigenvalue weighted by Gasteiger charge is 2.24. The average molecular weight is 301 g/mol. The molecule has 0 aromatic carbocycles. The molecule has 0 unspecified atom stereocenters. The zero-order valence-electron chi connectivity index (χ0n) is 9.75. The number of urea groups is 1. The molecule has 19 heavy (non-hydrogen) atoms. The molecule has 2 heterocycles. The van der Waals surface area contributed by atoms with Crippen molar-refractivity contribution >= 4 is 51.3 Å². The average Bonchev–Trinajstić information content (AvgIpc) is 2.85. The van der Waals surface area contributed by atoms with E-state index in [2.05, 4.69) is 9.97 Å². The Kier molecular flexibility index (Phi) is 3.82. The van der Waals surface area contributed by atoms with E-state index in [4.69, 9.17) is 11.8 Å². The van der Waals surface area contributed by atoms with Crippen molar-refractivity contribution < 1.29 is 14.7 Å². The number of aromatic carboxylic acids is 1. The van der Waals surface area contributed by atoms with E-state index in [0.29, 0.717) is 10.3 Å². The number of carbonyl (C=O) groups is 2. The lowest BCUT2D eigenvalue weighted by Crippen LogP contribution is -2.37. The maximum absolute atomic E-state index is 11.6. The molecule has 0 radical (unpaired) electrons. The number of carboxylic acids is 1. The maximum atomic E-state index is 11.6. The van der Waals surface area contributed by atoms with E-state index >= 15 is 0 Å². The first-order valence-electron chi connectivity index (χ1n) is 5.25. The predicted octanol–water partition coefficient (Wildman–Crippen LogP) is 2.08. The Bertz CT molecular complexity index is 645. The van der Waals surface area contributed by atoms with Gasteiger partial charge in [-0.15, -0.1) is 11.3 Å². The quantitative estimate of drug-likeness (QED) is 0.846. The van der Waals surface area contributed by atoms with Crippen molar-refractivity contribution in [1.29, 1.82) is 0 Å². The molecule has 2 N–H and O–H groups in total. The first-order valence-corrected chi connectivity index (χ1v) is 6.51. The molecule has 7 nitrogen and oxygen atoms in total. The minimum Gasteiger partial charge on any atom is -0.476 e. The molecule has 0 bridgehead atoms. The highest BCUT2D eigenvalue weighted by Crippen LogP contribution is 2.24. The molecule has 0 fully saturated rings. The normalized spacial score (nSPS) is 10.4. The number of halogens is 1. The lowest BCUT2D eigenvalue weighted by atomic mass is 10.3. The molecule has 0 saturated carbocycles. The predicted molar refractivity (Wildman–Crippen MR) is 71.8 cm³/mol. The molecule has 0 aliphatic carbocycles. The number of fused-ring (bicyclic) bond motifs is 1. The maximum Gasteiger partial charge on any atom is 0.358 e. The first-order chi connectivity index (χ1) is 9.08. The van der Waals surface area contributed by atoms with Crippen molar-refractivity contribution in [2.45, 2.75) is 6.92 Å². The van der Waals surface area contributed by atoms with Gasteiger partial charge in [0, 0.05) is 18.3 Å². The summed E-state index contributed by atoms with van der Waals surface area (Å²) >= 11 is 6.58. The largest absolute Gasteiger partial charge is 0.476 e. The van der Waals surface area contributed by atoms with Crippen LogP contribution in [0.1, 0.15) is 17.4 Å². The highest BCUT2D eigenvalue weighted by atomic mass is 35.5. The van der Waals surface area contributed by atoms with Gasteiger partial charge in [0.1, 0.15) is 10.3 Å². The number of amides is 2. The van der Waals surface area contributed by atoms with Crippen molar-refractivity contribution in [2.75, 3.05) is 11.4 Å². The van der Waals surface area contributed by atoms with Crippen LogP contribution in [0.3, 0.4) is 0 Å². The summed E-state index contributed by atoms with van der Waals surface area (Å²) in [7, 11) is 0. The number of hydrogen-bond acceptors (Lipinski definition) is 5. The van der Waals surface area contributed by atoms with E-state index in [0.717, 1.165) is 4.90 Å². The van der Waals surface area contributed by atoms with Crippen LogP contribution in [0.15, 0.2) is 11.4 Å². The standard InChI is InChI=1S/C10H9ClN4O3S/c1-2-15(10(18)14-11)7-6(9(16)17)12-5-3-4-19-8(5)13-7/h3-4H,2H2,1H3,(H,14,18)(H,16,17). The topological polar surface area (TPSA) is 95.4 Å². The van der Waals surface area contributed by atoms with Crippen LogP contribution < -0.4 is 9.74 Å². The van der Waals surface area contributed by atoms with Crippen molar-refractivity contribution in [2.24, 2.45) is 0 Å². The summed E-state index contributed by atoms with van der Waals surface area (Å²) in [6.07, 6.45) is 0. The second-order valence-corrected chi connectivity index (χ2v) is 4.54. The fourth-order valence-corrected chi connectivity index (χ4v) is 2.36. The summed E-state index contributed by atoms with van der Waals surface area (Å²) in [5.74, 6) is -1.28. The van der Waals surface area contributed by atoms with Crippen molar-refractivity contribution in [3.63, 3.8) is 0 Å². The molecule has 2 aromatic heterocycles. The molecule has 0 atom stereocenters. The van der Waals surface area contributed by atoms with Crippen molar-refractivity contribution in [1.82, 2.24) is 14.8 Å². The molecular formula is C10H9ClN4O3S. The third kappa shape index (κ3) is 2.45. The summed E-state index contributed by atoms with van der Waals surface area (Å²) in [6, 6.07) is 1.01. The van der Waals surface area contributed by atoms with Crippen LogP contribution in [0.25, 0.3) is 10.3 Å².